The van der Waals surface area contributed by atoms with Gasteiger partial charge >= 0.3 is 5.97 Å². The number of carbonyl (C=O) groups is 4. The molecule has 1 atom stereocenters. The predicted molar refractivity (Wildman–Crippen MR) is 118 cm³/mol. The highest BCUT2D eigenvalue weighted by Crippen LogP contribution is 2.21. The Labute approximate surface area is 182 Å². The molecule has 0 aromatic heterocycles. The quantitative estimate of drug-likeness (QED) is 0.384. The van der Waals surface area contributed by atoms with Gasteiger partial charge in [0, 0.05) is 30.9 Å². The minimum atomic E-state index is -0.880. The summed E-state index contributed by atoms with van der Waals surface area (Å²) < 4.78 is 5.15. The number of hydrogen-bond donors (Lipinski definition) is 3. The standard InChI is InChI=1S/C22H32N4O5/c1-4-6-11-31-21(29)13-18-22(30)23-9-10-26(18)20(28)14-24-16-8-7-15(3)17(12-16)25-19(27)5-2/h7-8,12,18,24H,4-6,9-11,13-14H2,1-3H3,(H,23,30)(H,25,27). The summed E-state index contributed by atoms with van der Waals surface area (Å²) in [5.41, 5.74) is 2.25. The van der Waals surface area contributed by atoms with Gasteiger partial charge < -0.3 is 25.6 Å². The Bertz CT molecular complexity index is 811. The van der Waals surface area contributed by atoms with E-state index < -0.39 is 12.0 Å². The van der Waals surface area contributed by atoms with Gasteiger partial charge in [-0.3, -0.25) is 19.2 Å². The number of aryl methyl sites for hydroxylation is 1. The molecule has 1 aliphatic rings. The summed E-state index contributed by atoms with van der Waals surface area (Å²) in [6, 6.07) is 4.55. The zero-order valence-corrected chi connectivity index (χ0v) is 18.5. The molecule has 31 heavy (non-hydrogen) atoms. The van der Waals surface area contributed by atoms with Crippen LogP contribution in [-0.2, 0) is 23.9 Å². The topological polar surface area (TPSA) is 117 Å². The highest BCUT2D eigenvalue weighted by atomic mass is 16.5. The highest BCUT2D eigenvalue weighted by molar-refractivity contribution is 5.94. The van der Waals surface area contributed by atoms with Crippen molar-refractivity contribution in [1.29, 1.82) is 0 Å². The number of benzene rings is 1. The molecule has 1 aromatic carbocycles. The van der Waals surface area contributed by atoms with Crippen LogP contribution in [0.1, 0.15) is 45.1 Å². The van der Waals surface area contributed by atoms with Crippen LogP contribution in [0, 0.1) is 6.92 Å². The zero-order chi connectivity index (χ0) is 22.8. The molecule has 0 radical (unpaired) electrons. The number of nitrogens with one attached hydrogen (secondary N) is 3. The third-order valence-electron chi connectivity index (χ3n) is 5.05. The predicted octanol–water partition coefficient (Wildman–Crippen LogP) is 1.82. The molecule has 1 fully saturated rings. The molecule has 2 rings (SSSR count). The summed E-state index contributed by atoms with van der Waals surface area (Å²) in [4.78, 5) is 50.3. The number of ether oxygens (including phenoxy) is 1. The molecule has 170 valence electrons. The Morgan fingerprint density at radius 1 is 1.26 bits per heavy atom. The Kier molecular flexibility index (Phi) is 9.30. The molecule has 0 saturated carbocycles. The Balaban J connectivity index is 1.99. The first kappa shape index (κ1) is 24.2. The molecule has 0 bridgehead atoms. The molecule has 1 saturated heterocycles. The van der Waals surface area contributed by atoms with E-state index in [9.17, 15) is 19.2 Å². The van der Waals surface area contributed by atoms with Crippen molar-refractivity contribution in [3.05, 3.63) is 23.8 Å². The monoisotopic (exact) mass is 432 g/mol. The van der Waals surface area contributed by atoms with Crippen molar-refractivity contribution in [1.82, 2.24) is 10.2 Å². The summed E-state index contributed by atoms with van der Waals surface area (Å²) in [7, 11) is 0. The van der Waals surface area contributed by atoms with Crippen LogP contribution in [0.2, 0.25) is 0 Å². The van der Waals surface area contributed by atoms with Crippen molar-refractivity contribution in [3.8, 4) is 0 Å². The van der Waals surface area contributed by atoms with Gasteiger partial charge in [-0.05, 0) is 31.0 Å². The minimum Gasteiger partial charge on any atom is -0.466 e. The fourth-order valence-electron chi connectivity index (χ4n) is 3.15. The SMILES string of the molecule is CCCCOC(=O)CC1C(=O)NCCN1C(=O)CNc1ccc(C)c(NC(=O)CC)c1. The van der Waals surface area contributed by atoms with Gasteiger partial charge in [0.25, 0.3) is 0 Å². The van der Waals surface area contributed by atoms with Crippen LogP contribution < -0.4 is 16.0 Å². The number of nitrogens with zero attached hydrogens (tertiary/aromatic N) is 1. The lowest BCUT2D eigenvalue weighted by Crippen LogP contribution is -2.58. The van der Waals surface area contributed by atoms with E-state index in [2.05, 4.69) is 16.0 Å². The van der Waals surface area contributed by atoms with E-state index in [0.29, 0.717) is 37.5 Å². The molecular formula is C22H32N4O5. The molecule has 0 aliphatic carbocycles. The molecule has 1 aromatic rings. The number of amides is 3. The first-order valence-electron chi connectivity index (χ1n) is 10.7. The molecule has 9 nitrogen and oxygen atoms in total. The van der Waals surface area contributed by atoms with Gasteiger partial charge in [-0.15, -0.1) is 0 Å². The highest BCUT2D eigenvalue weighted by Gasteiger charge is 2.34. The van der Waals surface area contributed by atoms with Gasteiger partial charge in [0.05, 0.1) is 19.6 Å². The Morgan fingerprint density at radius 2 is 2.03 bits per heavy atom. The van der Waals surface area contributed by atoms with Gasteiger partial charge in [0.2, 0.25) is 17.7 Å². The Morgan fingerprint density at radius 3 is 2.74 bits per heavy atom. The van der Waals surface area contributed by atoms with Crippen LogP contribution in [-0.4, -0.2) is 60.9 Å². The lowest BCUT2D eigenvalue weighted by atomic mass is 10.1. The average Bonchev–Trinajstić information content (AvgIpc) is 2.75. The van der Waals surface area contributed by atoms with Crippen molar-refractivity contribution >= 4 is 35.1 Å². The van der Waals surface area contributed by atoms with Gasteiger partial charge in [-0.1, -0.05) is 26.3 Å². The van der Waals surface area contributed by atoms with Crippen LogP contribution in [0.25, 0.3) is 0 Å². The second-order valence-corrected chi connectivity index (χ2v) is 7.46. The first-order chi connectivity index (χ1) is 14.8. The minimum absolute atomic E-state index is 0.0428. The zero-order valence-electron chi connectivity index (χ0n) is 18.5. The van der Waals surface area contributed by atoms with E-state index in [1.807, 2.05) is 26.0 Å². The summed E-state index contributed by atoms with van der Waals surface area (Å²) in [6.45, 7) is 6.58. The normalized spacial score (nSPS) is 15.8. The van der Waals surface area contributed by atoms with Gasteiger partial charge in [-0.25, -0.2) is 0 Å². The fourth-order valence-corrected chi connectivity index (χ4v) is 3.15. The number of esters is 1. The molecule has 0 spiro atoms. The number of rotatable bonds is 10. The third-order valence-corrected chi connectivity index (χ3v) is 5.05. The number of unbranched alkanes of at least 4 members (excludes halogenated alkanes) is 1. The molecule has 3 amide bonds. The fraction of sp³-hybridized carbons (Fsp3) is 0.545. The van der Waals surface area contributed by atoms with Crippen LogP contribution in [0.15, 0.2) is 18.2 Å². The van der Waals surface area contributed by atoms with Crippen molar-refractivity contribution in [3.63, 3.8) is 0 Å². The van der Waals surface area contributed by atoms with E-state index in [4.69, 9.17) is 4.74 Å². The van der Waals surface area contributed by atoms with Crippen LogP contribution in [0.4, 0.5) is 11.4 Å². The number of carbonyl (C=O) groups excluding carboxylic acids is 4. The smallest absolute Gasteiger partial charge is 0.308 e. The van der Waals surface area contributed by atoms with Crippen molar-refractivity contribution in [2.75, 3.05) is 36.9 Å². The second-order valence-electron chi connectivity index (χ2n) is 7.46. The van der Waals surface area contributed by atoms with Crippen molar-refractivity contribution in [2.24, 2.45) is 0 Å². The summed E-state index contributed by atoms with van der Waals surface area (Å²) in [5, 5.41) is 8.57. The summed E-state index contributed by atoms with van der Waals surface area (Å²) >= 11 is 0. The van der Waals surface area contributed by atoms with Gasteiger partial charge in [0.1, 0.15) is 6.04 Å². The number of hydrogen-bond acceptors (Lipinski definition) is 6. The lowest BCUT2D eigenvalue weighted by molar-refractivity contribution is -0.151. The van der Waals surface area contributed by atoms with E-state index in [1.54, 1.807) is 13.0 Å². The number of anilines is 2. The molecule has 1 aliphatic heterocycles. The van der Waals surface area contributed by atoms with Crippen LogP contribution in [0.3, 0.4) is 0 Å². The van der Waals surface area contributed by atoms with Crippen LogP contribution in [0.5, 0.6) is 0 Å². The first-order valence-corrected chi connectivity index (χ1v) is 10.7. The van der Waals surface area contributed by atoms with Gasteiger partial charge in [-0.2, -0.15) is 0 Å². The second kappa shape index (κ2) is 11.9. The number of piperazine rings is 1. The molecule has 1 unspecified atom stereocenters. The lowest BCUT2D eigenvalue weighted by Gasteiger charge is -2.34. The largest absolute Gasteiger partial charge is 0.466 e. The maximum atomic E-state index is 12.8. The molecular weight excluding hydrogens is 400 g/mol. The van der Waals surface area contributed by atoms with E-state index in [-0.39, 0.29) is 30.7 Å². The summed E-state index contributed by atoms with van der Waals surface area (Å²) in [5.74, 6) is -1.23. The van der Waals surface area contributed by atoms with E-state index in [0.717, 1.165) is 18.4 Å². The van der Waals surface area contributed by atoms with Crippen LogP contribution >= 0.6 is 0 Å². The maximum absolute atomic E-state index is 12.8. The van der Waals surface area contributed by atoms with Gasteiger partial charge in [0.15, 0.2) is 0 Å². The Hall–Kier alpha value is -3.10. The van der Waals surface area contributed by atoms with Crippen molar-refractivity contribution < 1.29 is 23.9 Å². The van der Waals surface area contributed by atoms with Crippen molar-refractivity contribution in [2.45, 2.75) is 52.5 Å². The van der Waals surface area contributed by atoms with E-state index in [1.165, 1.54) is 4.90 Å². The molecule has 1 heterocycles. The third kappa shape index (κ3) is 7.27. The summed E-state index contributed by atoms with van der Waals surface area (Å²) in [6.07, 6.45) is 1.86. The maximum Gasteiger partial charge on any atom is 0.308 e. The van der Waals surface area contributed by atoms with E-state index >= 15 is 0 Å². The molecule has 3 N–H and O–H groups in total. The average molecular weight is 433 g/mol. The molecule has 9 heteroatoms.